The van der Waals surface area contributed by atoms with Gasteiger partial charge in [0.25, 0.3) is 0 Å². The molecule has 0 aliphatic carbocycles. The van der Waals surface area contributed by atoms with Crippen LogP contribution in [0.2, 0.25) is 0 Å². The van der Waals surface area contributed by atoms with E-state index in [1.54, 1.807) is 22.7 Å². The standard InChI is InChI=1S/C26H29N7O2/c1-31(2)15-7-10-22(34)32(3)16-17-33-26-23(25(27)28-18-29-26)24(30-33)19-11-13-21(14-12-19)35-20-8-5-4-6-9-20/h4-14,18H,15-17H2,1-3H3,(H2,27,28,29). The van der Waals surface area contributed by atoms with Crippen LogP contribution in [0.3, 0.4) is 0 Å². The summed E-state index contributed by atoms with van der Waals surface area (Å²) in [7, 11) is 5.68. The summed E-state index contributed by atoms with van der Waals surface area (Å²) in [5.74, 6) is 1.78. The van der Waals surface area contributed by atoms with Gasteiger partial charge < -0.3 is 20.3 Å². The number of ether oxygens (including phenoxy) is 1. The number of nitrogens with zero attached hydrogens (tertiary/aromatic N) is 6. The van der Waals surface area contributed by atoms with Crippen molar-refractivity contribution in [1.29, 1.82) is 0 Å². The van der Waals surface area contributed by atoms with Crippen LogP contribution in [0, 0.1) is 0 Å². The molecule has 2 N–H and O–H groups in total. The predicted octanol–water partition coefficient (Wildman–Crippen LogP) is 3.44. The lowest BCUT2D eigenvalue weighted by Crippen LogP contribution is -2.29. The molecule has 4 rings (SSSR count). The van der Waals surface area contributed by atoms with Crippen molar-refractivity contribution in [3.63, 3.8) is 0 Å². The molecule has 0 spiro atoms. The molecule has 180 valence electrons. The van der Waals surface area contributed by atoms with Crippen molar-refractivity contribution in [2.24, 2.45) is 0 Å². The molecule has 2 heterocycles. The van der Waals surface area contributed by atoms with E-state index in [0.717, 1.165) is 17.1 Å². The summed E-state index contributed by atoms with van der Waals surface area (Å²) in [6.45, 7) is 1.64. The van der Waals surface area contributed by atoms with E-state index in [1.807, 2.05) is 79.7 Å². The molecule has 0 bridgehead atoms. The maximum Gasteiger partial charge on any atom is 0.246 e. The molecule has 2 aromatic heterocycles. The van der Waals surface area contributed by atoms with E-state index < -0.39 is 0 Å². The second-order valence-corrected chi connectivity index (χ2v) is 8.39. The molecule has 9 heteroatoms. The minimum Gasteiger partial charge on any atom is -0.457 e. The lowest BCUT2D eigenvalue weighted by atomic mass is 10.1. The molecule has 4 aromatic rings. The summed E-state index contributed by atoms with van der Waals surface area (Å²) < 4.78 is 7.66. The van der Waals surface area contributed by atoms with Crippen molar-refractivity contribution >= 4 is 22.8 Å². The van der Waals surface area contributed by atoms with Crippen molar-refractivity contribution < 1.29 is 9.53 Å². The normalized spacial score (nSPS) is 11.4. The highest BCUT2D eigenvalue weighted by Crippen LogP contribution is 2.32. The Hall–Kier alpha value is -4.24. The molecule has 35 heavy (non-hydrogen) atoms. The van der Waals surface area contributed by atoms with E-state index in [-0.39, 0.29) is 5.91 Å². The molecule has 0 saturated carbocycles. The third-order valence-electron chi connectivity index (χ3n) is 5.42. The van der Waals surface area contributed by atoms with Crippen LogP contribution < -0.4 is 10.5 Å². The van der Waals surface area contributed by atoms with E-state index in [2.05, 4.69) is 9.97 Å². The minimum atomic E-state index is -0.0633. The fraction of sp³-hybridized carbons (Fsp3) is 0.231. The highest BCUT2D eigenvalue weighted by atomic mass is 16.5. The first-order valence-electron chi connectivity index (χ1n) is 11.3. The number of amides is 1. The largest absolute Gasteiger partial charge is 0.457 e. The SMILES string of the molecule is CN(C)CC=CC(=O)N(C)CCn1nc(-c2ccc(Oc3ccccc3)cc2)c2c(N)ncnc21. The molecular weight excluding hydrogens is 442 g/mol. The average Bonchev–Trinajstić information content (AvgIpc) is 3.23. The number of fused-ring (bicyclic) bond motifs is 1. The Morgan fingerprint density at radius 3 is 2.46 bits per heavy atom. The molecular formula is C26H29N7O2. The molecule has 9 nitrogen and oxygen atoms in total. The number of nitrogens with two attached hydrogens (primary N) is 1. The number of rotatable bonds is 9. The van der Waals surface area contributed by atoms with Crippen molar-refractivity contribution in [3.8, 4) is 22.8 Å². The number of carbonyl (C=O) groups excluding carboxylic acids is 1. The summed E-state index contributed by atoms with van der Waals surface area (Å²) >= 11 is 0. The van der Waals surface area contributed by atoms with Gasteiger partial charge in [0, 0.05) is 31.8 Å². The number of nitrogen functional groups attached to an aromatic ring is 1. The molecule has 1 amide bonds. The maximum atomic E-state index is 12.4. The third kappa shape index (κ3) is 5.82. The van der Waals surface area contributed by atoms with Crippen LogP contribution in [0.1, 0.15) is 0 Å². The Balaban J connectivity index is 1.54. The second kappa shape index (κ2) is 10.8. The van der Waals surface area contributed by atoms with Gasteiger partial charge in [-0.05, 0) is 50.5 Å². The zero-order valence-electron chi connectivity index (χ0n) is 20.1. The number of carbonyl (C=O) groups is 1. The summed E-state index contributed by atoms with van der Waals surface area (Å²) in [5, 5.41) is 5.47. The molecule has 0 aliphatic rings. The highest BCUT2D eigenvalue weighted by Gasteiger charge is 2.18. The molecule has 0 radical (unpaired) electrons. The fourth-order valence-electron chi connectivity index (χ4n) is 3.54. The van der Waals surface area contributed by atoms with E-state index in [1.165, 1.54) is 6.33 Å². The second-order valence-electron chi connectivity index (χ2n) is 8.39. The van der Waals surface area contributed by atoms with Crippen LogP contribution in [-0.2, 0) is 11.3 Å². The van der Waals surface area contributed by atoms with Gasteiger partial charge in [0.05, 0.1) is 11.9 Å². The van der Waals surface area contributed by atoms with Gasteiger partial charge in [-0.25, -0.2) is 14.6 Å². The van der Waals surface area contributed by atoms with Crippen LogP contribution >= 0.6 is 0 Å². The number of aromatic nitrogens is 4. The van der Waals surface area contributed by atoms with Crippen molar-refractivity contribution in [3.05, 3.63) is 73.1 Å². The first kappa shape index (κ1) is 23.9. The maximum absolute atomic E-state index is 12.4. The molecule has 0 saturated heterocycles. The quantitative estimate of drug-likeness (QED) is 0.373. The Labute approximate surface area is 204 Å². The van der Waals surface area contributed by atoms with E-state index in [4.69, 9.17) is 15.6 Å². The van der Waals surface area contributed by atoms with Gasteiger partial charge in [-0.2, -0.15) is 5.10 Å². The topological polar surface area (TPSA) is 102 Å². The first-order chi connectivity index (χ1) is 16.9. The fourth-order valence-corrected chi connectivity index (χ4v) is 3.54. The summed E-state index contributed by atoms with van der Waals surface area (Å²) in [4.78, 5) is 24.6. The molecule has 0 aliphatic heterocycles. The van der Waals surface area contributed by atoms with Gasteiger partial charge in [-0.15, -0.1) is 0 Å². The van der Waals surface area contributed by atoms with Crippen LogP contribution in [0.4, 0.5) is 5.82 Å². The average molecular weight is 472 g/mol. The number of benzene rings is 2. The van der Waals surface area contributed by atoms with Gasteiger partial charge in [0.2, 0.25) is 5.91 Å². The van der Waals surface area contributed by atoms with Crippen molar-refractivity contribution in [2.75, 3.05) is 40.0 Å². The summed E-state index contributed by atoms with van der Waals surface area (Å²) in [5.41, 5.74) is 8.39. The smallest absolute Gasteiger partial charge is 0.246 e. The Morgan fingerprint density at radius 2 is 1.74 bits per heavy atom. The van der Waals surface area contributed by atoms with E-state index in [0.29, 0.717) is 42.2 Å². The summed E-state index contributed by atoms with van der Waals surface area (Å²) in [6.07, 6.45) is 4.86. The monoisotopic (exact) mass is 471 g/mol. The minimum absolute atomic E-state index is 0.0633. The first-order valence-corrected chi connectivity index (χ1v) is 11.3. The van der Waals surface area contributed by atoms with Gasteiger partial charge in [-0.1, -0.05) is 24.3 Å². The Bertz CT molecular complexity index is 1320. The highest BCUT2D eigenvalue weighted by molar-refractivity contribution is 5.98. The van der Waals surface area contributed by atoms with Crippen LogP contribution in [0.25, 0.3) is 22.3 Å². The molecule has 0 fully saturated rings. The number of anilines is 1. The van der Waals surface area contributed by atoms with Crippen molar-refractivity contribution in [1.82, 2.24) is 29.5 Å². The lowest BCUT2D eigenvalue weighted by molar-refractivity contribution is -0.124. The molecule has 2 aromatic carbocycles. The zero-order valence-corrected chi connectivity index (χ0v) is 20.1. The lowest BCUT2D eigenvalue weighted by Gasteiger charge is -2.15. The van der Waals surface area contributed by atoms with Crippen LogP contribution in [-0.4, -0.2) is 69.7 Å². The van der Waals surface area contributed by atoms with Crippen LogP contribution in [0.5, 0.6) is 11.5 Å². The van der Waals surface area contributed by atoms with Crippen molar-refractivity contribution in [2.45, 2.75) is 6.54 Å². The predicted molar refractivity (Wildman–Crippen MR) is 137 cm³/mol. The van der Waals surface area contributed by atoms with Gasteiger partial charge in [0.1, 0.15) is 29.3 Å². The number of hydrogen-bond acceptors (Lipinski definition) is 7. The third-order valence-corrected chi connectivity index (χ3v) is 5.42. The number of para-hydroxylation sites is 1. The number of hydrogen-bond donors (Lipinski definition) is 1. The Morgan fingerprint density at radius 1 is 1.03 bits per heavy atom. The zero-order chi connectivity index (χ0) is 24.8. The summed E-state index contributed by atoms with van der Waals surface area (Å²) in [6, 6.07) is 17.2. The number of likely N-dealkylation sites (N-methyl/N-ethyl adjacent to an activating group) is 2. The van der Waals surface area contributed by atoms with E-state index in [9.17, 15) is 4.79 Å². The van der Waals surface area contributed by atoms with E-state index >= 15 is 0 Å². The molecule has 0 atom stereocenters. The Kier molecular flexibility index (Phi) is 7.37. The van der Waals surface area contributed by atoms with Crippen LogP contribution in [0.15, 0.2) is 73.1 Å². The van der Waals surface area contributed by atoms with Gasteiger partial charge >= 0.3 is 0 Å². The molecule has 0 unspecified atom stereocenters. The van der Waals surface area contributed by atoms with Gasteiger partial charge in [-0.3, -0.25) is 4.79 Å². The van der Waals surface area contributed by atoms with Gasteiger partial charge in [0.15, 0.2) is 5.65 Å².